The first-order valence-corrected chi connectivity index (χ1v) is 5.16. The number of halogens is 1. The summed E-state index contributed by atoms with van der Waals surface area (Å²) in [6.45, 7) is 5.38. The molecule has 0 aliphatic rings. The molecule has 0 amide bonds. The van der Waals surface area contributed by atoms with Gasteiger partial charge in [0.15, 0.2) is 0 Å². The molecule has 2 nitrogen and oxygen atoms in total. The predicted molar refractivity (Wildman–Crippen MR) is 63.7 cm³/mol. The molecular weight excluding hydrogens is 212 g/mol. The number of esters is 1. The summed E-state index contributed by atoms with van der Waals surface area (Å²) in [6.07, 6.45) is 10.5. The number of rotatable bonds is 6. The summed E-state index contributed by atoms with van der Waals surface area (Å²) < 4.78 is 5.04. The summed E-state index contributed by atoms with van der Waals surface area (Å²) in [7, 11) is 0. The fourth-order valence-electron chi connectivity index (χ4n) is 0.776. The Morgan fingerprint density at radius 2 is 2.20 bits per heavy atom. The molecule has 0 unspecified atom stereocenters. The van der Waals surface area contributed by atoms with Gasteiger partial charge < -0.3 is 4.74 Å². The van der Waals surface area contributed by atoms with Crippen LogP contribution in [-0.4, -0.2) is 11.8 Å². The monoisotopic (exact) mass is 226 g/mol. The van der Waals surface area contributed by atoms with Crippen molar-refractivity contribution in [2.75, 3.05) is 5.88 Å². The average Bonchev–Trinajstić information content (AvgIpc) is 2.18. The summed E-state index contributed by atoms with van der Waals surface area (Å²) in [5.41, 5.74) is 0. The number of carbonyl (C=O) groups excluding carboxylic acids is 1. The Morgan fingerprint density at radius 3 is 2.73 bits per heavy atom. The minimum absolute atomic E-state index is 0.210. The first kappa shape index (κ1) is 13.7. The molecule has 0 spiro atoms. The number of carbonyl (C=O) groups is 1. The third kappa shape index (κ3) is 7.77. The van der Waals surface area contributed by atoms with Crippen molar-refractivity contribution in [2.24, 2.45) is 0 Å². The maximum absolute atomic E-state index is 11.1. The van der Waals surface area contributed by atoms with Crippen LogP contribution in [0.4, 0.5) is 0 Å². The highest BCUT2D eigenvalue weighted by Crippen LogP contribution is 2.03. The van der Waals surface area contributed by atoms with Gasteiger partial charge in [-0.15, -0.1) is 11.6 Å². The molecule has 0 aromatic heterocycles. The standard InChI is InChI=1S/C12H15ClO2/c1-3-5-6-8-11(7-4-2)15-12(14)9-10-13/h3-8H,1,9-10H2,2H3/b6-5-,7-4-,11-8+. The topological polar surface area (TPSA) is 26.3 Å². The smallest absolute Gasteiger partial charge is 0.312 e. The van der Waals surface area contributed by atoms with Gasteiger partial charge in [0.05, 0.1) is 6.42 Å². The Balaban J connectivity index is 4.39. The molecule has 0 radical (unpaired) electrons. The summed E-state index contributed by atoms with van der Waals surface area (Å²) in [5, 5.41) is 0. The van der Waals surface area contributed by atoms with E-state index >= 15 is 0 Å². The van der Waals surface area contributed by atoms with Crippen LogP contribution < -0.4 is 0 Å². The van der Waals surface area contributed by atoms with E-state index in [0.717, 1.165) is 0 Å². The second kappa shape index (κ2) is 9.28. The Bertz CT molecular complexity index is 288. The highest BCUT2D eigenvalue weighted by molar-refractivity contribution is 6.18. The van der Waals surface area contributed by atoms with Gasteiger partial charge >= 0.3 is 5.97 Å². The highest BCUT2D eigenvalue weighted by atomic mass is 35.5. The normalized spacial score (nSPS) is 12.3. The van der Waals surface area contributed by atoms with E-state index in [4.69, 9.17) is 16.3 Å². The van der Waals surface area contributed by atoms with E-state index in [1.54, 1.807) is 36.5 Å². The van der Waals surface area contributed by atoms with Gasteiger partial charge in [-0.2, -0.15) is 0 Å². The summed E-state index contributed by atoms with van der Waals surface area (Å²) in [5.74, 6) is 0.428. The number of alkyl halides is 1. The van der Waals surface area contributed by atoms with Crippen molar-refractivity contribution in [1.82, 2.24) is 0 Å². The molecule has 0 fully saturated rings. The van der Waals surface area contributed by atoms with Crippen molar-refractivity contribution in [3.8, 4) is 0 Å². The zero-order chi connectivity index (χ0) is 11.5. The summed E-state index contributed by atoms with van der Waals surface area (Å²) in [4.78, 5) is 11.1. The first-order chi connectivity index (χ1) is 7.24. The Hall–Kier alpha value is -1.28. The Kier molecular flexibility index (Phi) is 8.49. The lowest BCUT2D eigenvalue weighted by atomic mass is 10.3. The number of ether oxygens (including phenoxy) is 1. The lowest BCUT2D eigenvalue weighted by Gasteiger charge is -2.02. The molecule has 0 saturated heterocycles. The van der Waals surface area contributed by atoms with Crippen molar-refractivity contribution in [3.05, 3.63) is 48.8 Å². The van der Waals surface area contributed by atoms with E-state index in [0.29, 0.717) is 5.76 Å². The van der Waals surface area contributed by atoms with E-state index in [2.05, 4.69) is 6.58 Å². The van der Waals surface area contributed by atoms with Crippen LogP contribution in [0, 0.1) is 0 Å². The maximum Gasteiger partial charge on any atom is 0.312 e. The average molecular weight is 227 g/mol. The van der Waals surface area contributed by atoms with Gasteiger partial charge in [-0.25, -0.2) is 0 Å². The summed E-state index contributed by atoms with van der Waals surface area (Å²) >= 11 is 5.42. The van der Waals surface area contributed by atoms with Crippen LogP contribution in [0.15, 0.2) is 48.8 Å². The number of hydrogen-bond acceptors (Lipinski definition) is 2. The molecule has 0 N–H and O–H groups in total. The second-order valence-corrected chi connectivity index (χ2v) is 2.98. The van der Waals surface area contributed by atoms with Gasteiger partial charge in [-0.05, 0) is 19.1 Å². The van der Waals surface area contributed by atoms with Gasteiger partial charge in [0.25, 0.3) is 0 Å². The largest absolute Gasteiger partial charge is 0.427 e. The first-order valence-electron chi connectivity index (χ1n) is 4.63. The molecule has 0 heterocycles. The molecule has 0 aliphatic heterocycles. The fraction of sp³-hybridized carbons (Fsp3) is 0.250. The molecule has 15 heavy (non-hydrogen) atoms. The number of hydrogen-bond donors (Lipinski definition) is 0. The summed E-state index contributed by atoms with van der Waals surface area (Å²) in [6, 6.07) is 0. The van der Waals surface area contributed by atoms with Gasteiger partial charge in [-0.1, -0.05) is 30.9 Å². The van der Waals surface area contributed by atoms with Gasteiger partial charge in [0, 0.05) is 5.88 Å². The van der Waals surface area contributed by atoms with Crippen LogP contribution in [0.1, 0.15) is 13.3 Å². The predicted octanol–water partition coefficient (Wildman–Crippen LogP) is 3.36. The Labute approximate surface area is 95.6 Å². The zero-order valence-corrected chi connectivity index (χ0v) is 9.54. The number of allylic oxidation sites excluding steroid dienone is 6. The third-order valence-corrected chi connectivity index (χ3v) is 1.56. The van der Waals surface area contributed by atoms with Crippen molar-refractivity contribution >= 4 is 17.6 Å². The third-order valence-electron chi connectivity index (χ3n) is 1.37. The molecule has 0 aromatic carbocycles. The van der Waals surface area contributed by atoms with E-state index < -0.39 is 0 Å². The molecule has 0 rings (SSSR count). The molecule has 0 aromatic rings. The van der Waals surface area contributed by atoms with Crippen LogP contribution in [-0.2, 0) is 9.53 Å². The van der Waals surface area contributed by atoms with Crippen LogP contribution >= 0.6 is 11.6 Å². The second-order valence-electron chi connectivity index (χ2n) is 2.60. The van der Waals surface area contributed by atoms with Gasteiger partial charge in [0.2, 0.25) is 0 Å². The Morgan fingerprint density at radius 1 is 1.47 bits per heavy atom. The van der Waals surface area contributed by atoms with Crippen molar-refractivity contribution < 1.29 is 9.53 Å². The molecule has 0 bridgehead atoms. The lowest BCUT2D eigenvalue weighted by Crippen LogP contribution is -2.03. The van der Waals surface area contributed by atoms with Crippen LogP contribution in [0.5, 0.6) is 0 Å². The van der Waals surface area contributed by atoms with E-state index in [-0.39, 0.29) is 18.3 Å². The van der Waals surface area contributed by atoms with E-state index in [1.165, 1.54) is 0 Å². The fourth-order valence-corrected chi connectivity index (χ4v) is 0.931. The van der Waals surface area contributed by atoms with Crippen LogP contribution in [0.3, 0.4) is 0 Å². The van der Waals surface area contributed by atoms with Crippen molar-refractivity contribution in [1.29, 1.82) is 0 Å². The molecule has 0 atom stereocenters. The zero-order valence-electron chi connectivity index (χ0n) is 8.78. The minimum Gasteiger partial charge on any atom is -0.427 e. The molecule has 0 aliphatic carbocycles. The van der Waals surface area contributed by atoms with Crippen LogP contribution in [0.2, 0.25) is 0 Å². The van der Waals surface area contributed by atoms with Crippen molar-refractivity contribution in [2.45, 2.75) is 13.3 Å². The molecular formula is C12H15ClO2. The SMILES string of the molecule is C=C\C=C/C=C(\C=C/C)OC(=O)CCCl. The van der Waals surface area contributed by atoms with E-state index in [1.807, 2.05) is 6.92 Å². The molecule has 3 heteroatoms. The van der Waals surface area contributed by atoms with Crippen molar-refractivity contribution in [3.63, 3.8) is 0 Å². The van der Waals surface area contributed by atoms with E-state index in [9.17, 15) is 4.79 Å². The lowest BCUT2D eigenvalue weighted by molar-refractivity contribution is -0.138. The van der Waals surface area contributed by atoms with Gasteiger partial charge in [0.1, 0.15) is 5.76 Å². The quantitative estimate of drug-likeness (QED) is 0.301. The highest BCUT2D eigenvalue weighted by Gasteiger charge is 2.02. The molecule has 82 valence electrons. The van der Waals surface area contributed by atoms with Crippen LogP contribution in [0.25, 0.3) is 0 Å². The molecule has 0 saturated carbocycles. The maximum atomic E-state index is 11.1. The minimum atomic E-state index is -0.332. The van der Waals surface area contributed by atoms with Gasteiger partial charge in [-0.3, -0.25) is 4.79 Å².